The largest absolute Gasteiger partial charge is 0.479 e. The van der Waals surface area contributed by atoms with Crippen molar-refractivity contribution in [3.8, 4) is 0 Å². The van der Waals surface area contributed by atoms with Crippen molar-refractivity contribution >= 4 is 5.97 Å². The quantitative estimate of drug-likeness (QED) is 0.718. The van der Waals surface area contributed by atoms with Crippen LogP contribution in [0, 0.1) is 0 Å². The predicted octanol–water partition coefficient (Wildman–Crippen LogP) is 0.373. The molecule has 0 saturated heterocycles. The lowest BCUT2D eigenvalue weighted by Gasteiger charge is -2.07. The van der Waals surface area contributed by atoms with Crippen molar-refractivity contribution in [3.63, 3.8) is 0 Å². The molecule has 0 radical (unpaired) electrons. The van der Waals surface area contributed by atoms with Crippen LogP contribution in [0.1, 0.15) is 6.92 Å². The minimum atomic E-state index is -0.939. The molecule has 1 rings (SSSR count). The van der Waals surface area contributed by atoms with Crippen LogP contribution in [0.3, 0.4) is 0 Å². The molecule has 0 fully saturated rings. The van der Waals surface area contributed by atoms with Crippen LogP contribution >= 0.6 is 0 Å². The fourth-order valence-corrected chi connectivity index (χ4v) is 0.825. The van der Waals surface area contributed by atoms with E-state index in [2.05, 4.69) is 4.98 Å². The Morgan fingerprint density at radius 2 is 2.54 bits per heavy atom. The van der Waals surface area contributed by atoms with Crippen LogP contribution in [-0.4, -0.2) is 33.3 Å². The summed E-state index contributed by atoms with van der Waals surface area (Å²) in [4.78, 5) is 14.2. The maximum atomic E-state index is 10.3. The Bertz CT molecular complexity index is 258. The number of hydrogen-bond acceptors (Lipinski definition) is 3. The van der Waals surface area contributed by atoms with Crippen LogP contribution in [0.15, 0.2) is 18.7 Å². The molecule has 0 aliphatic carbocycles. The number of carboxylic acids is 1. The lowest BCUT2D eigenvalue weighted by atomic mass is 10.4. The highest BCUT2D eigenvalue weighted by molar-refractivity contribution is 5.71. The van der Waals surface area contributed by atoms with Gasteiger partial charge < -0.3 is 14.4 Å². The van der Waals surface area contributed by atoms with Crippen molar-refractivity contribution < 1.29 is 14.6 Å². The zero-order chi connectivity index (χ0) is 9.68. The van der Waals surface area contributed by atoms with Gasteiger partial charge in [-0.1, -0.05) is 0 Å². The van der Waals surface area contributed by atoms with Gasteiger partial charge >= 0.3 is 5.97 Å². The van der Waals surface area contributed by atoms with Crippen LogP contribution in [0.5, 0.6) is 0 Å². The number of hydrogen-bond donors (Lipinski definition) is 1. The van der Waals surface area contributed by atoms with Gasteiger partial charge in [0.15, 0.2) is 6.10 Å². The standard InChI is InChI=1S/C8H12N2O3/c1-7(8(11)12)13-5-4-10-3-2-9-6-10/h2-3,6-7H,4-5H2,1H3,(H,11,12)/t7-/m0/s1. The van der Waals surface area contributed by atoms with Crippen LogP contribution in [0.4, 0.5) is 0 Å². The molecule has 0 saturated carbocycles. The van der Waals surface area contributed by atoms with Crippen molar-refractivity contribution in [1.29, 1.82) is 0 Å². The highest BCUT2D eigenvalue weighted by atomic mass is 16.5. The molecule has 0 spiro atoms. The summed E-state index contributed by atoms with van der Waals surface area (Å²) < 4.78 is 6.86. The molecule has 0 bridgehead atoms. The zero-order valence-corrected chi connectivity index (χ0v) is 7.38. The number of rotatable bonds is 5. The van der Waals surface area contributed by atoms with E-state index in [1.807, 2.05) is 4.57 Å². The zero-order valence-electron chi connectivity index (χ0n) is 7.38. The van der Waals surface area contributed by atoms with Crippen molar-refractivity contribution in [1.82, 2.24) is 9.55 Å². The fraction of sp³-hybridized carbons (Fsp3) is 0.500. The van der Waals surface area contributed by atoms with Gasteiger partial charge in [0, 0.05) is 18.9 Å². The minimum Gasteiger partial charge on any atom is -0.479 e. The molecule has 1 N–H and O–H groups in total. The molecule has 0 amide bonds. The summed E-state index contributed by atoms with van der Waals surface area (Å²) >= 11 is 0. The molecule has 0 aromatic carbocycles. The van der Waals surface area contributed by atoms with E-state index in [0.29, 0.717) is 13.2 Å². The van der Waals surface area contributed by atoms with E-state index >= 15 is 0 Å². The molecule has 0 aliphatic heterocycles. The van der Waals surface area contributed by atoms with Gasteiger partial charge in [-0.2, -0.15) is 0 Å². The van der Waals surface area contributed by atoms with Crippen molar-refractivity contribution in [2.45, 2.75) is 19.6 Å². The summed E-state index contributed by atoms with van der Waals surface area (Å²) in [5.74, 6) is -0.939. The first-order valence-corrected chi connectivity index (χ1v) is 4.00. The molecule has 1 aromatic heterocycles. The predicted molar refractivity (Wildman–Crippen MR) is 45.3 cm³/mol. The number of aromatic nitrogens is 2. The maximum Gasteiger partial charge on any atom is 0.332 e. The summed E-state index contributed by atoms with van der Waals surface area (Å²) in [7, 11) is 0. The van der Waals surface area contributed by atoms with Crippen LogP contribution < -0.4 is 0 Å². The minimum absolute atomic E-state index is 0.379. The Morgan fingerprint density at radius 3 is 3.08 bits per heavy atom. The normalized spacial score (nSPS) is 12.7. The van der Waals surface area contributed by atoms with Gasteiger partial charge in [0.05, 0.1) is 12.9 Å². The van der Waals surface area contributed by atoms with Gasteiger partial charge in [-0.3, -0.25) is 0 Å². The Morgan fingerprint density at radius 1 is 1.77 bits per heavy atom. The third kappa shape index (κ3) is 3.25. The van der Waals surface area contributed by atoms with Crippen molar-refractivity contribution in [3.05, 3.63) is 18.7 Å². The molecule has 1 heterocycles. The maximum absolute atomic E-state index is 10.3. The number of nitrogens with zero attached hydrogens (tertiary/aromatic N) is 2. The van der Waals surface area contributed by atoms with E-state index in [9.17, 15) is 4.79 Å². The molecular formula is C8H12N2O3. The second kappa shape index (κ2) is 4.61. The summed E-state index contributed by atoms with van der Waals surface area (Å²) in [6.45, 7) is 2.51. The molecule has 5 nitrogen and oxygen atoms in total. The SMILES string of the molecule is C[C@H](OCCn1ccnc1)C(=O)O. The van der Waals surface area contributed by atoms with E-state index in [0.717, 1.165) is 0 Å². The van der Waals surface area contributed by atoms with Crippen LogP contribution in [0.2, 0.25) is 0 Å². The molecule has 72 valence electrons. The van der Waals surface area contributed by atoms with E-state index in [1.54, 1.807) is 18.7 Å². The fourth-order valence-electron chi connectivity index (χ4n) is 0.825. The summed E-state index contributed by atoms with van der Waals surface area (Å²) in [5, 5.41) is 8.50. The summed E-state index contributed by atoms with van der Waals surface area (Å²) in [6.07, 6.45) is 4.38. The second-order valence-electron chi connectivity index (χ2n) is 2.65. The van der Waals surface area contributed by atoms with Gasteiger partial charge in [-0.15, -0.1) is 0 Å². The first kappa shape index (κ1) is 9.73. The van der Waals surface area contributed by atoms with E-state index < -0.39 is 12.1 Å². The van der Waals surface area contributed by atoms with Gasteiger partial charge in [-0.25, -0.2) is 9.78 Å². The number of aliphatic carboxylic acids is 1. The van der Waals surface area contributed by atoms with E-state index in [1.165, 1.54) is 6.92 Å². The molecular weight excluding hydrogens is 172 g/mol. The summed E-state index contributed by atoms with van der Waals surface area (Å²) in [6, 6.07) is 0. The first-order valence-electron chi connectivity index (χ1n) is 4.00. The molecule has 0 aliphatic rings. The lowest BCUT2D eigenvalue weighted by Crippen LogP contribution is -2.21. The van der Waals surface area contributed by atoms with Crippen molar-refractivity contribution in [2.75, 3.05) is 6.61 Å². The number of ether oxygens (including phenoxy) is 1. The third-order valence-electron chi connectivity index (χ3n) is 1.62. The van der Waals surface area contributed by atoms with E-state index in [-0.39, 0.29) is 0 Å². The Hall–Kier alpha value is -1.36. The smallest absolute Gasteiger partial charge is 0.332 e. The van der Waals surface area contributed by atoms with Gasteiger partial charge in [0.1, 0.15) is 0 Å². The molecule has 1 aromatic rings. The Balaban J connectivity index is 2.18. The van der Waals surface area contributed by atoms with Crippen LogP contribution in [-0.2, 0) is 16.1 Å². The van der Waals surface area contributed by atoms with Crippen LogP contribution in [0.25, 0.3) is 0 Å². The first-order chi connectivity index (χ1) is 6.20. The average molecular weight is 184 g/mol. The monoisotopic (exact) mass is 184 g/mol. The Kier molecular flexibility index (Phi) is 3.45. The molecule has 0 unspecified atom stereocenters. The summed E-state index contributed by atoms with van der Waals surface area (Å²) in [5.41, 5.74) is 0. The van der Waals surface area contributed by atoms with E-state index in [4.69, 9.17) is 9.84 Å². The second-order valence-corrected chi connectivity index (χ2v) is 2.65. The van der Waals surface area contributed by atoms with Crippen molar-refractivity contribution in [2.24, 2.45) is 0 Å². The molecule has 5 heteroatoms. The highest BCUT2D eigenvalue weighted by Gasteiger charge is 2.09. The highest BCUT2D eigenvalue weighted by Crippen LogP contribution is 1.92. The van der Waals surface area contributed by atoms with Gasteiger partial charge in [0.25, 0.3) is 0 Å². The molecule has 1 atom stereocenters. The van der Waals surface area contributed by atoms with Gasteiger partial charge in [0.2, 0.25) is 0 Å². The Labute approximate surface area is 76.0 Å². The number of carbonyl (C=O) groups is 1. The van der Waals surface area contributed by atoms with Gasteiger partial charge in [-0.05, 0) is 6.92 Å². The average Bonchev–Trinajstić information content (AvgIpc) is 2.56. The number of imidazole rings is 1. The number of carboxylic acid groups (broad SMARTS) is 1. The third-order valence-corrected chi connectivity index (χ3v) is 1.62. The topological polar surface area (TPSA) is 64.4 Å². The lowest BCUT2D eigenvalue weighted by molar-refractivity contribution is -0.149. The molecule has 13 heavy (non-hydrogen) atoms.